The van der Waals surface area contributed by atoms with Crippen LogP contribution in [0.4, 0.5) is 0 Å². The lowest BCUT2D eigenvalue weighted by molar-refractivity contribution is -0.123. The number of amides is 2. The molecular weight excluding hydrogens is 432 g/mol. The SMILES string of the molecule is CCCCCCCNC(=S)NNC(=O)CCCC(=O)NNC(=S)NCCCCCCC. The summed E-state index contributed by atoms with van der Waals surface area (Å²) in [5.41, 5.74) is 10.4. The minimum atomic E-state index is -0.215. The Bertz CT molecular complexity index is 476. The van der Waals surface area contributed by atoms with Gasteiger partial charge in [0.25, 0.3) is 0 Å². The Labute approximate surface area is 198 Å². The summed E-state index contributed by atoms with van der Waals surface area (Å²) in [7, 11) is 0. The molecule has 31 heavy (non-hydrogen) atoms. The summed E-state index contributed by atoms with van der Waals surface area (Å²) in [6, 6.07) is 0. The van der Waals surface area contributed by atoms with Crippen molar-refractivity contribution in [2.45, 2.75) is 97.3 Å². The first-order chi connectivity index (χ1) is 15.0. The summed E-state index contributed by atoms with van der Waals surface area (Å²) in [5.74, 6) is -0.429. The number of hydrogen-bond acceptors (Lipinski definition) is 4. The third-order valence-electron chi connectivity index (χ3n) is 4.57. The Hall–Kier alpha value is -1.68. The van der Waals surface area contributed by atoms with E-state index in [2.05, 4.69) is 46.2 Å². The van der Waals surface area contributed by atoms with E-state index in [1.807, 2.05) is 0 Å². The topological polar surface area (TPSA) is 106 Å². The minimum Gasteiger partial charge on any atom is -0.361 e. The lowest BCUT2D eigenvalue weighted by atomic mass is 10.1. The highest BCUT2D eigenvalue weighted by molar-refractivity contribution is 7.80. The van der Waals surface area contributed by atoms with Crippen LogP contribution in [0.3, 0.4) is 0 Å². The third kappa shape index (κ3) is 21.3. The molecule has 2 amide bonds. The Morgan fingerprint density at radius 3 is 1.32 bits per heavy atom. The van der Waals surface area contributed by atoms with Crippen LogP contribution in [-0.4, -0.2) is 35.1 Å². The number of rotatable bonds is 16. The van der Waals surface area contributed by atoms with Gasteiger partial charge in [-0.3, -0.25) is 31.3 Å². The molecule has 0 aromatic rings. The van der Waals surface area contributed by atoms with E-state index >= 15 is 0 Å². The van der Waals surface area contributed by atoms with Crippen molar-refractivity contribution < 1.29 is 9.59 Å². The first-order valence-electron chi connectivity index (χ1n) is 11.6. The molecule has 0 saturated carbocycles. The number of hydrogen-bond donors (Lipinski definition) is 6. The quantitative estimate of drug-likeness (QED) is 0.115. The maximum atomic E-state index is 11.8. The van der Waals surface area contributed by atoms with Crippen LogP contribution in [0.1, 0.15) is 97.3 Å². The van der Waals surface area contributed by atoms with Gasteiger partial charge in [-0.2, -0.15) is 0 Å². The Morgan fingerprint density at radius 2 is 0.935 bits per heavy atom. The summed E-state index contributed by atoms with van der Waals surface area (Å²) in [6.45, 7) is 5.95. The second-order valence-electron chi connectivity index (χ2n) is 7.54. The number of unbranched alkanes of at least 4 members (excludes halogenated alkanes) is 8. The van der Waals surface area contributed by atoms with Gasteiger partial charge in [0.2, 0.25) is 11.8 Å². The molecule has 0 atom stereocenters. The molecule has 0 aromatic carbocycles. The lowest BCUT2D eigenvalue weighted by Crippen LogP contribution is -2.47. The lowest BCUT2D eigenvalue weighted by Gasteiger charge is -2.12. The van der Waals surface area contributed by atoms with Crippen molar-refractivity contribution in [3.63, 3.8) is 0 Å². The van der Waals surface area contributed by atoms with Gasteiger partial charge < -0.3 is 10.6 Å². The number of thiocarbonyl (C=S) groups is 2. The van der Waals surface area contributed by atoms with Gasteiger partial charge in [0.15, 0.2) is 10.2 Å². The molecule has 6 N–H and O–H groups in total. The van der Waals surface area contributed by atoms with Crippen molar-refractivity contribution in [3.8, 4) is 0 Å². The van der Waals surface area contributed by atoms with Gasteiger partial charge in [0.05, 0.1) is 0 Å². The van der Waals surface area contributed by atoms with Crippen molar-refractivity contribution in [3.05, 3.63) is 0 Å². The maximum absolute atomic E-state index is 11.8. The number of hydrazine groups is 2. The monoisotopic (exact) mass is 474 g/mol. The van der Waals surface area contributed by atoms with E-state index in [-0.39, 0.29) is 24.7 Å². The molecule has 10 heteroatoms. The Balaban J connectivity index is 3.59. The van der Waals surface area contributed by atoms with E-state index in [4.69, 9.17) is 24.4 Å². The van der Waals surface area contributed by atoms with Crippen LogP contribution in [0.25, 0.3) is 0 Å². The van der Waals surface area contributed by atoms with Crippen LogP contribution in [0.5, 0.6) is 0 Å². The van der Waals surface area contributed by atoms with E-state index in [0.29, 0.717) is 16.6 Å². The van der Waals surface area contributed by atoms with Crippen LogP contribution >= 0.6 is 24.4 Å². The summed E-state index contributed by atoms with van der Waals surface area (Å²) in [4.78, 5) is 23.6. The molecule has 180 valence electrons. The number of carbonyl (C=O) groups excluding carboxylic acids is 2. The fourth-order valence-electron chi connectivity index (χ4n) is 2.74. The maximum Gasteiger partial charge on any atom is 0.238 e. The number of carbonyl (C=O) groups is 2. The predicted octanol–water partition coefficient (Wildman–Crippen LogP) is 3.09. The second kappa shape index (κ2) is 21.5. The molecule has 0 saturated heterocycles. The average molecular weight is 475 g/mol. The van der Waals surface area contributed by atoms with Gasteiger partial charge in [-0.1, -0.05) is 65.2 Å². The average Bonchev–Trinajstić information content (AvgIpc) is 2.75. The van der Waals surface area contributed by atoms with Crippen LogP contribution in [0.15, 0.2) is 0 Å². The molecule has 8 nitrogen and oxygen atoms in total. The molecule has 0 bridgehead atoms. The van der Waals surface area contributed by atoms with Crippen molar-refractivity contribution >= 4 is 46.5 Å². The molecule has 0 heterocycles. The van der Waals surface area contributed by atoms with Gasteiger partial charge in [-0.15, -0.1) is 0 Å². The van der Waals surface area contributed by atoms with Crippen molar-refractivity contribution in [1.82, 2.24) is 32.3 Å². The highest BCUT2D eigenvalue weighted by Crippen LogP contribution is 2.01. The molecule has 0 rings (SSSR count). The fourth-order valence-corrected chi connectivity index (χ4v) is 3.04. The van der Waals surface area contributed by atoms with E-state index in [9.17, 15) is 9.59 Å². The fraction of sp³-hybridized carbons (Fsp3) is 0.810. The van der Waals surface area contributed by atoms with E-state index in [1.54, 1.807) is 0 Å². The summed E-state index contributed by atoms with van der Waals surface area (Å²) in [5, 5.41) is 6.92. The van der Waals surface area contributed by atoms with Crippen LogP contribution < -0.4 is 32.3 Å². The van der Waals surface area contributed by atoms with Crippen molar-refractivity contribution in [2.75, 3.05) is 13.1 Å². The van der Waals surface area contributed by atoms with Crippen LogP contribution in [0, 0.1) is 0 Å². The summed E-state index contributed by atoms with van der Waals surface area (Å²) >= 11 is 10.2. The highest BCUT2D eigenvalue weighted by Gasteiger charge is 2.06. The van der Waals surface area contributed by atoms with Gasteiger partial charge in [0, 0.05) is 25.9 Å². The highest BCUT2D eigenvalue weighted by atomic mass is 32.1. The standard InChI is InChI=1S/C21H42N6O2S2/c1-3-5-7-9-11-16-22-20(30)26-24-18(28)14-13-15-19(29)25-27-21(31)23-17-12-10-8-6-4-2/h3-17H2,1-2H3,(H,24,28)(H,25,29)(H2,22,26,30)(H2,23,27,31). The van der Waals surface area contributed by atoms with Gasteiger partial charge in [-0.05, 0) is 43.7 Å². The van der Waals surface area contributed by atoms with Crippen molar-refractivity contribution in [1.29, 1.82) is 0 Å². The zero-order valence-electron chi connectivity index (χ0n) is 19.2. The van der Waals surface area contributed by atoms with E-state index < -0.39 is 0 Å². The largest absolute Gasteiger partial charge is 0.361 e. The van der Waals surface area contributed by atoms with Crippen molar-refractivity contribution in [2.24, 2.45) is 0 Å². The molecular formula is C21H42N6O2S2. The summed E-state index contributed by atoms with van der Waals surface area (Å²) < 4.78 is 0. The first kappa shape index (κ1) is 29.3. The molecule has 0 unspecified atom stereocenters. The molecule has 0 aliphatic heterocycles. The van der Waals surface area contributed by atoms with Crippen LogP contribution in [0.2, 0.25) is 0 Å². The molecule has 0 aliphatic carbocycles. The number of nitrogens with one attached hydrogen (secondary N) is 6. The third-order valence-corrected chi connectivity index (χ3v) is 5.06. The molecule has 0 radical (unpaired) electrons. The van der Waals surface area contributed by atoms with E-state index in [0.717, 1.165) is 25.9 Å². The summed E-state index contributed by atoms with van der Waals surface area (Å²) in [6.07, 6.45) is 12.8. The molecule has 0 aromatic heterocycles. The molecule has 0 aliphatic rings. The smallest absolute Gasteiger partial charge is 0.238 e. The van der Waals surface area contributed by atoms with Crippen LogP contribution in [-0.2, 0) is 9.59 Å². The van der Waals surface area contributed by atoms with E-state index in [1.165, 1.54) is 51.4 Å². The predicted molar refractivity (Wildman–Crippen MR) is 135 cm³/mol. The molecule has 0 fully saturated rings. The molecule has 0 spiro atoms. The Kier molecular flexibility index (Phi) is 20.4. The zero-order valence-corrected chi connectivity index (χ0v) is 20.9. The second-order valence-corrected chi connectivity index (χ2v) is 8.36. The Morgan fingerprint density at radius 1 is 0.548 bits per heavy atom. The van der Waals surface area contributed by atoms with Gasteiger partial charge in [-0.25, -0.2) is 0 Å². The van der Waals surface area contributed by atoms with Gasteiger partial charge >= 0.3 is 0 Å². The van der Waals surface area contributed by atoms with Gasteiger partial charge in [0.1, 0.15) is 0 Å². The first-order valence-corrected chi connectivity index (χ1v) is 12.5. The zero-order chi connectivity index (χ0) is 23.2. The normalized spacial score (nSPS) is 10.1. The minimum absolute atomic E-state index is 0.215.